The van der Waals surface area contributed by atoms with Gasteiger partial charge in [-0.05, 0) is 48.4 Å². The van der Waals surface area contributed by atoms with Crippen LogP contribution in [0.2, 0.25) is 0 Å². The van der Waals surface area contributed by atoms with Crippen molar-refractivity contribution in [3.8, 4) is 11.4 Å². The normalized spacial score (nSPS) is 10.7. The fourth-order valence-corrected chi connectivity index (χ4v) is 2.27. The van der Waals surface area contributed by atoms with Crippen LogP contribution in [-0.4, -0.2) is 10.1 Å². The average molecular weight is 344 g/mol. The lowest BCUT2D eigenvalue weighted by Crippen LogP contribution is -1.92. The van der Waals surface area contributed by atoms with Gasteiger partial charge in [0.15, 0.2) is 0 Å². The van der Waals surface area contributed by atoms with Crippen molar-refractivity contribution in [2.75, 3.05) is 5.73 Å². The third-order valence-corrected chi connectivity index (χ3v) is 3.71. The number of anilines is 1. The number of aromatic nitrogens is 2. The summed E-state index contributed by atoms with van der Waals surface area (Å²) in [6.45, 7) is 0. The summed E-state index contributed by atoms with van der Waals surface area (Å²) < 4.78 is 6.32. The van der Waals surface area contributed by atoms with Gasteiger partial charge in [-0.2, -0.15) is 4.98 Å². The first-order chi connectivity index (χ1) is 10.2. The van der Waals surface area contributed by atoms with Crippen molar-refractivity contribution in [1.82, 2.24) is 10.1 Å². The van der Waals surface area contributed by atoms with Crippen LogP contribution < -0.4 is 5.73 Å². The molecule has 0 bridgehead atoms. The highest BCUT2D eigenvalue weighted by molar-refractivity contribution is 9.10. The first-order valence-electron chi connectivity index (χ1n) is 6.64. The summed E-state index contributed by atoms with van der Waals surface area (Å²) in [5.74, 6) is 1.26. The van der Waals surface area contributed by atoms with Gasteiger partial charge in [-0.15, -0.1) is 0 Å². The fourth-order valence-electron chi connectivity index (χ4n) is 2.01. The van der Waals surface area contributed by atoms with E-state index in [0.717, 1.165) is 22.1 Å². The molecule has 0 atom stereocenters. The fraction of sp³-hybridized carbons (Fsp3) is 0.125. The number of aryl methyl sites for hydroxylation is 2. The zero-order chi connectivity index (χ0) is 14.7. The zero-order valence-corrected chi connectivity index (χ0v) is 12.9. The maximum absolute atomic E-state index is 5.67. The number of benzene rings is 2. The maximum Gasteiger partial charge on any atom is 0.227 e. The predicted octanol–water partition coefficient (Wildman–Crippen LogP) is 3.87. The van der Waals surface area contributed by atoms with E-state index in [4.69, 9.17) is 10.3 Å². The second kappa shape index (κ2) is 6.10. The second-order valence-electron chi connectivity index (χ2n) is 4.76. The van der Waals surface area contributed by atoms with Gasteiger partial charge in [0.1, 0.15) is 0 Å². The smallest absolute Gasteiger partial charge is 0.227 e. The van der Waals surface area contributed by atoms with Gasteiger partial charge in [-0.25, -0.2) is 0 Å². The minimum Gasteiger partial charge on any atom is -0.399 e. The first-order valence-corrected chi connectivity index (χ1v) is 7.43. The van der Waals surface area contributed by atoms with Gasteiger partial charge in [-0.3, -0.25) is 0 Å². The van der Waals surface area contributed by atoms with E-state index in [9.17, 15) is 0 Å². The molecule has 0 fully saturated rings. The monoisotopic (exact) mass is 343 g/mol. The Balaban J connectivity index is 1.67. The summed E-state index contributed by atoms with van der Waals surface area (Å²) in [7, 11) is 0. The van der Waals surface area contributed by atoms with Gasteiger partial charge in [0.2, 0.25) is 11.7 Å². The van der Waals surface area contributed by atoms with Crippen LogP contribution in [0.15, 0.2) is 57.5 Å². The molecule has 0 aliphatic rings. The molecule has 0 saturated carbocycles. The third-order valence-electron chi connectivity index (χ3n) is 3.18. The molecule has 106 valence electrons. The van der Waals surface area contributed by atoms with Gasteiger partial charge in [0.05, 0.1) is 0 Å². The van der Waals surface area contributed by atoms with Crippen LogP contribution in [0.1, 0.15) is 11.5 Å². The second-order valence-corrected chi connectivity index (χ2v) is 5.68. The van der Waals surface area contributed by atoms with Crippen LogP contribution in [0.4, 0.5) is 5.69 Å². The number of halogens is 1. The Bertz CT molecular complexity index is 720. The van der Waals surface area contributed by atoms with Crippen molar-refractivity contribution < 1.29 is 4.52 Å². The SMILES string of the molecule is Nc1ccc(CCc2nc(-c3ccc(Br)cc3)no2)cc1. The summed E-state index contributed by atoms with van der Waals surface area (Å²) in [6, 6.07) is 15.7. The van der Waals surface area contributed by atoms with E-state index in [1.54, 1.807) is 0 Å². The van der Waals surface area contributed by atoms with Crippen molar-refractivity contribution in [2.45, 2.75) is 12.8 Å². The van der Waals surface area contributed by atoms with Crippen molar-refractivity contribution in [3.05, 3.63) is 64.5 Å². The van der Waals surface area contributed by atoms with Gasteiger partial charge in [-0.1, -0.05) is 33.2 Å². The molecule has 3 aromatic rings. The van der Waals surface area contributed by atoms with Crippen molar-refractivity contribution in [2.24, 2.45) is 0 Å². The number of nitrogens with zero attached hydrogens (tertiary/aromatic N) is 2. The molecule has 2 aromatic carbocycles. The summed E-state index contributed by atoms with van der Waals surface area (Å²) in [6.07, 6.45) is 1.57. The maximum atomic E-state index is 5.67. The highest BCUT2D eigenvalue weighted by Crippen LogP contribution is 2.19. The molecule has 0 aliphatic heterocycles. The largest absolute Gasteiger partial charge is 0.399 e. The van der Waals surface area contributed by atoms with E-state index >= 15 is 0 Å². The van der Waals surface area contributed by atoms with Crippen LogP contribution >= 0.6 is 15.9 Å². The molecule has 0 spiro atoms. The molecule has 0 unspecified atom stereocenters. The molecule has 4 nitrogen and oxygen atoms in total. The van der Waals surface area contributed by atoms with Crippen molar-refractivity contribution >= 4 is 21.6 Å². The Morgan fingerprint density at radius 2 is 1.67 bits per heavy atom. The first kappa shape index (κ1) is 13.8. The standard InChI is InChI=1S/C16H14BrN3O/c17-13-6-4-12(5-7-13)16-19-15(21-20-16)10-3-11-1-8-14(18)9-2-11/h1-2,4-9H,3,10,18H2. The van der Waals surface area contributed by atoms with E-state index in [-0.39, 0.29) is 0 Å². The Morgan fingerprint density at radius 1 is 0.952 bits per heavy atom. The van der Waals surface area contributed by atoms with E-state index in [0.29, 0.717) is 18.1 Å². The predicted molar refractivity (Wildman–Crippen MR) is 85.7 cm³/mol. The summed E-state index contributed by atoms with van der Waals surface area (Å²) >= 11 is 3.41. The molecule has 0 aliphatic carbocycles. The molecule has 5 heteroatoms. The molecular weight excluding hydrogens is 330 g/mol. The van der Waals surface area contributed by atoms with Crippen LogP contribution in [0.3, 0.4) is 0 Å². The van der Waals surface area contributed by atoms with Crippen molar-refractivity contribution in [3.63, 3.8) is 0 Å². The van der Waals surface area contributed by atoms with Gasteiger partial charge in [0.25, 0.3) is 0 Å². The Hall–Kier alpha value is -2.14. The minimum atomic E-state index is 0.620. The lowest BCUT2D eigenvalue weighted by atomic mass is 10.1. The highest BCUT2D eigenvalue weighted by atomic mass is 79.9. The lowest BCUT2D eigenvalue weighted by molar-refractivity contribution is 0.379. The average Bonchev–Trinajstić information content (AvgIpc) is 2.96. The quantitative estimate of drug-likeness (QED) is 0.730. The number of hydrogen-bond donors (Lipinski definition) is 1. The molecule has 0 radical (unpaired) electrons. The van der Waals surface area contributed by atoms with E-state index in [2.05, 4.69) is 26.1 Å². The van der Waals surface area contributed by atoms with Crippen molar-refractivity contribution in [1.29, 1.82) is 0 Å². The molecule has 3 rings (SSSR count). The van der Waals surface area contributed by atoms with Gasteiger partial charge in [0, 0.05) is 22.1 Å². The van der Waals surface area contributed by atoms with Gasteiger partial charge < -0.3 is 10.3 Å². The summed E-state index contributed by atoms with van der Waals surface area (Å²) in [5, 5.41) is 4.02. The number of nitrogen functional groups attached to an aromatic ring is 1. The molecule has 2 N–H and O–H groups in total. The summed E-state index contributed by atoms with van der Waals surface area (Å²) in [4.78, 5) is 4.43. The van der Waals surface area contributed by atoms with Crippen LogP contribution in [0.25, 0.3) is 11.4 Å². The molecular formula is C16H14BrN3O. The van der Waals surface area contributed by atoms with E-state index in [1.165, 1.54) is 5.56 Å². The lowest BCUT2D eigenvalue weighted by Gasteiger charge is -1.98. The molecule has 1 aromatic heterocycles. The summed E-state index contributed by atoms with van der Waals surface area (Å²) in [5.41, 5.74) is 8.59. The van der Waals surface area contributed by atoms with Crippen LogP contribution in [-0.2, 0) is 12.8 Å². The third kappa shape index (κ3) is 3.49. The Morgan fingerprint density at radius 3 is 2.38 bits per heavy atom. The van der Waals surface area contributed by atoms with Crippen LogP contribution in [0, 0.1) is 0 Å². The topological polar surface area (TPSA) is 64.9 Å². The van der Waals surface area contributed by atoms with Crippen LogP contribution in [0.5, 0.6) is 0 Å². The van der Waals surface area contributed by atoms with E-state index in [1.807, 2.05) is 48.5 Å². The Kier molecular flexibility index (Phi) is 4.01. The Labute approximate surface area is 131 Å². The minimum absolute atomic E-state index is 0.620. The zero-order valence-electron chi connectivity index (χ0n) is 11.3. The van der Waals surface area contributed by atoms with E-state index < -0.39 is 0 Å². The number of hydrogen-bond acceptors (Lipinski definition) is 4. The molecule has 1 heterocycles. The number of nitrogens with two attached hydrogens (primary N) is 1. The molecule has 0 saturated heterocycles. The molecule has 21 heavy (non-hydrogen) atoms. The number of rotatable bonds is 4. The highest BCUT2D eigenvalue weighted by Gasteiger charge is 2.08. The molecule has 0 amide bonds. The van der Waals surface area contributed by atoms with Gasteiger partial charge >= 0.3 is 0 Å².